The average Bonchev–Trinajstić information content (AvgIpc) is 2.69. The van der Waals surface area contributed by atoms with Gasteiger partial charge in [0.15, 0.2) is 0 Å². The summed E-state index contributed by atoms with van der Waals surface area (Å²) in [5.41, 5.74) is 2.07. The molecule has 0 saturated heterocycles. The molecular formula is C21H23FN4O2. The van der Waals surface area contributed by atoms with Crippen LogP contribution in [0.3, 0.4) is 0 Å². The van der Waals surface area contributed by atoms with Crippen molar-refractivity contribution in [3.05, 3.63) is 70.5 Å². The van der Waals surface area contributed by atoms with Crippen molar-refractivity contribution in [3.8, 4) is 0 Å². The van der Waals surface area contributed by atoms with Crippen LogP contribution in [-0.2, 0) is 17.9 Å². The van der Waals surface area contributed by atoms with Gasteiger partial charge in [-0.2, -0.15) is 0 Å². The molecule has 7 heteroatoms. The molecule has 6 nitrogen and oxygen atoms in total. The van der Waals surface area contributed by atoms with E-state index < -0.39 is 11.4 Å². The zero-order chi connectivity index (χ0) is 20.3. The van der Waals surface area contributed by atoms with Crippen LogP contribution in [0.5, 0.6) is 0 Å². The number of likely N-dealkylation sites (N-methyl/N-ethyl adjacent to an activating group) is 1. The van der Waals surface area contributed by atoms with Crippen LogP contribution < -0.4 is 10.5 Å². The van der Waals surface area contributed by atoms with Gasteiger partial charge in [0, 0.05) is 32.9 Å². The molecule has 0 bridgehead atoms. The standard InChI is InChI=1S/C21H23FN4O2/c1-4-25(12-15-5-8-17(9-6-15)24(2)3)20(27)13-26-14-23-19-10-7-16(22)11-18(19)21(26)28/h5-11,14H,4,12-13H2,1-3H3. The van der Waals surface area contributed by atoms with E-state index in [2.05, 4.69) is 4.98 Å². The van der Waals surface area contributed by atoms with Gasteiger partial charge in [-0.3, -0.25) is 14.2 Å². The Kier molecular flexibility index (Phi) is 5.73. The topological polar surface area (TPSA) is 58.4 Å². The van der Waals surface area contributed by atoms with Crippen molar-refractivity contribution in [1.82, 2.24) is 14.5 Å². The highest BCUT2D eigenvalue weighted by Gasteiger charge is 2.15. The number of anilines is 1. The number of aromatic nitrogens is 2. The van der Waals surface area contributed by atoms with Crippen molar-refractivity contribution in [1.29, 1.82) is 0 Å². The summed E-state index contributed by atoms with van der Waals surface area (Å²) in [4.78, 5) is 33.1. The van der Waals surface area contributed by atoms with Gasteiger partial charge in [-0.15, -0.1) is 0 Å². The van der Waals surface area contributed by atoms with Gasteiger partial charge < -0.3 is 9.80 Å². The van der Waals surface area contributed by atoms with Gasteiger partial charge in [0.2, 0.25) is 5.91 Å². The quantitative estimate of drug-likeness (QED) is 0.658. The number of rotatable bonds is 6. The molecule has 0 aliphatic carbocycles. The molecule has 1 amide bonds. The Hall–Kier alpha value is -3.22. The normalized spacial score (nSPS) is 10.9. The third-order valence-electron chi connectivity index (χ3n) is 4.65. The first kappa shape index (κ1) is 19.5. The average molecular weight is 382 g/mol. The monoisotopic (exact) mass is 382 g/mol. The number of hydrogen-bond donors (Lipinski definition) is 0. The summed E-state index contributed by atoms with van der Waals surface area (Å²) in [7, 11) is 3.94. The third kappa shape index (κ3) is 4.19. The highest BCUT2D eigenvalue weighted by molar-refractivity contribution is 5.79. The van der Waals surface area contributed by atoms with Crippen LogP contribution in [0.4, 0.5) is 10.1 Å². The van der Waals surface area contributed by atoms with Gasteiger partial charge in [-0.1, -0.05) is 12.1 Å². The van der Waals surface area contributed by atoms with Crippen LogP contribution in [0.25, 0.3) is 10.9 Å². The van der Waals surface area contributed by atoms with Crippen LogP contribution in [0, 0.1) is 5.82 Å². The smallest absolute Gasteiger partial charge is 0.261 e. The largest absolute Gasteiger partial charge is 0.378 e. The predicted octanol–water partition coefficient (Wildman–Crippen LogP) is 2.65. The molecule has 0 aliphatic heterocycles. The molecule has 0 fully saturated rings. The zero-order valence-electron chi connectivity index (χ0n) is 16.2. The molecule has 146 valence electrons. The van der Waals surface area contributed by atoms with E-state index in [0.29, 0.717) is 18.6 Å². The molecular weight excluding hydrogens is 359 g/mol. The third-order valence-corrected chi connectivity index (χ3v) is 4.65. The highest BCUT2D eigenvalue weighted by atomic mass is 19.1. The first-order valence-electron chi connectivity index (χ1n) is 9.07. The Bertz CT molecular complexity index is 1040. The van der Waals surface area contributed by atoms with E-state index in [4.69, 9.17) is 0 Å². The molecule has 0 atom stereocenters. The van der Waals surface area contributed by atoms with Crippen molar-refractivity contribution in [2.75, 3.05) is 25.5 Å². The molecule has 0 saturated carbocycles. The molecule has 1 aromatic heterocycles. The fraction of sp³-hybridized carbons (Fsp3) is 0.286. The van der Waals surface area contributed by atoms with Crippen LogP contribution in [0.15, 0.2) is 53.6 Å². The minimum atomic E-state index is -0.508. The van der Waals surface area contributed by atoms with Gasteiger partial charge in [-0.25, -0.2) is 9.37 Å². The first-order chi connectivity index (χ1) is 13.4. The van der Waals surface area contributed by atoms with Crippen molar-refractivity contribution < 1.29 is 9.18 Å². The Morgan fingerprint density at radius 2 is 1.86 bits per heavy atom. The van der Waals surface area contributed by atoms with Crippen LogP contribution in [-0.4, -0.2) is 41.0 Å². The highest BCUT2D eigenvalue weighted by Crippen LogP contribution is 2.14. The number of carbonyl (C=O) groups is 1. The molecule has 1 heterocycles. The molecule has 28 heavy (non-hydrogen) atoms. The Balaban J connectivity index is 1.77. The van der Waals surface area contributed by atoms with Crippen molar-refractivity contribution in [2.24, 2.45) is 0 Å². The van der Waals surface area contributed by atoms with Gasteiger partial charge in [-0.05, 0) is 42.8 Å². The van der Waals surface area contributed by atoms with Gasteiger partial charge in [0.05, 0.1) is 17.2 Å². The van der Waals surface area contributed by atoms with Crippen molar-refractivity contribution in [2.45, 2.75) is 20.0 Å². The second-order valence-electron chi connectivity index (χ2n) is 6.81. The van der Waals surface area contributed by atoms with E-state index in [0.717, 1.165) is 17.3 Å². The van der Waals surface area contributed by atoms with Crippen LogP contribution >= 0.6 is 0 Å². The Labute approximate surface area is 162 Å². The second-order valence-corrected chi connectivity index (χ2v) is 6.81. The van der Waals surface area contributed by atoms with Gasteiger partial charge in [0.1, 0.15) is 12.4 Å². The van der Waals surface area contributed by atoms with E-state index in [1.54, 1.807) is 4.90 Å². The molecule has 0 unspecified atom stereocenters. The Morgan fingerprint density at radius 1 is 1.14 bits per heavy atom. The number of benzene rings is 2. The second kappa shape index (κ2) is 8.21. The maximum atomic E-state index is 13.5. The first-order valence-corrected chi connectivity index (χ1v) is 9.07. The van der Waals surface area contributed by atoms with E-state index in [1.165, 1.54) is 23.0 Å². The summed E-state index contributed by atoms with van der Waals surface area (Å²) in [5.74, 6) is -0.703. The van der Waals surface area contributed by atoms with E-state index >= 15 is 0 Å². The lowest BCUT2D eigenvalue weighted by molar-refractivity contribution is -0.132. The van der Waals surface area contributed by atoms with E-state index in [-0.39, 0.29) is 17.8 Å². The fourth-order valence-electron chi connectivity index (χ4n) is 2.99. The molecule has 0 aliphatic rings. The molecule has 0 spiro atoms. The maximum absolute atomic E-state index is 13.5. The maximum Gasteiger partial charge on any atom is 0.261 e. The lowest BCUT2D eigenvalue weighted by Gasteiger charge is -2.22. The number of carbonyl (C=O) groups excluding carboxylic acids is 1. The lowest BCUT2D eigenvalue weighted by atomic mass is 10.2. The van der Waals surface area contributed by atoms with Crippen molar-refractivity contribution >= 4 is 22.5 Å². The summed E-state index contributed by atoms with van der Waals surface area (Å²) >= 11 is 0. The summed E-state index contributed by atoms with van der Waals surface area (Å²) in [6.45, 7) is 2.72. The molecule has 0 radical (unpaired) electrons. The van der Waals surface area contributed by atoms with Crippen LogP contribution in [0.1, 0.15) is 12.5 Å². The molecule has 0 N–H and O–H groups in total. The minimum absolute atomic E-state index is 0.137. The fourth-order valence-corrected chi connectivity index (χ4v) is 2.99. The van der Waals surface area contributed by atoms with E-state index in [9.17, 15) is 14.0 Å². The molecule has 2 aromatic carbocycles. The number of amides is 1. The molecule has 3 rings (SSSR count). The predicted molar refractivity (Wildman–Crippen MR) is 108 cm³/mol. The summed E-state index contributed by atoms with van der Waals surface area (Å²) < 4.78 is 14.7. The SMILES string of the molecule is CCN(Cc1ccc(N(C)C)cc1)C(=O)Cn1cnc2ccc(F)cc2c1=O. The number of fused-ring (bicyclic) bond motifs is 1. The molecule has 3 aromatic rings. The van der Waals surface area contributed by atoms with Crippen LogP contribution in [0.2, 0.25) is 0 Å². The number of hydrogen-bond acceptors (Lipinski definition) is 4. The number of halogens is 1. The summed E-state index contributed by atoms with van der Waals surface area (Å²) in [5, 5.41) is 0.164. The Morgan fingerprint density at radius 3 is 2.50 bits per heavy atom. The van der Waals surface area contributed by atoms with Gasteiger partial charge in [0.25, 0.3) is 5.56 Å². The van der Waals surface area contributed by atoms with E-state index in [1.807, 2.05) is 50.2 Å². The lowest BCUT2D eigenvalue weighted by Crippen LogP contribution is -2.36. The van der Waals surface area contributed by atoms with Crippen molar-refractivity contribution in [3.63, 3.8) is 0 Å². The van der Waals surface area contributed by atoms with Gasteiger partial charge >= 0.3 is 0 Å². The summed E-state index contributed by atoms with van der Waals surface area (Å²) in [6, 6.07) is 11.8. The minimum Gasteiger partial charge on any atom is -0.378 e. The summed E-state index contributed by atoms with van der Waals surface area (Å²) in [6.07, 6.45) is 1.33. The number of nitrogens with zero attached hydrogens (tertiary/aromatic N) is 4. The zero-order valence-corrected chi connectivity index (χ0v) is 16.2.